The number of para-hydroxylation sites is 1. The Hall–Kier alpha value is -0.910. The molecule has 0 bridgehead atoms. The number of halogens is 1. The average Bonchev–Trinajstić information content (AvgIpc) is 2.55. The fraction of sp³-hybridized carbons (Fsp3) is 0.611. The fourth-order valence-electron chi connectivity index (χ4n) is 2.80. The van der Waals surface area contributed by atoms with E-state index in [2.05, 4.69) is 30.5 Å². The highest BCUT2D eigenvalue weighted by molar-refractivity contribution is 7.99. The molecule has 2 rings (SSSR count). The van der Waals surface area contributed by atoms with Gasteiger partial charge in [-0.05, 0) is 24.0 Å². The van der Waals surface area contributed by atoms with Crippen LogP contribution in [-0.4, -0.2) is 43.2 Å². The van der Waals surface area contributed by atoms with Gasteiger partial charge in [-0.1, -0.05) is 32.0 Å². The van der Waals surface area contributed by atoms with Gasteiger partial charge >= 0.3 is 0 Å². The number of benzene rings is 1. The third-order valence-electron chi connectivity index (χ3n) is 4.21. The van der Waals surface area contributed by atoms with E-state index in [4.69, 9.17) is 4.74 Å². The average molecular weight is 373 g/mol. The van der Waals surface area contributed by atoms with Crippen LogP contribution in [0.2, 0.25) is 0 Å². The smallest absolute Gasteiger partial charge is 0.221 e. The molecule has 0 spiro atoms. The van der Waals surface area contributed by atoms with Gasteiger partial charge in [0.05, 0.1) is 7.11 Å². The minimum Gasteiger partial charge on any atom is -0.496 e. The van der Waals surface area contributed by atoms with Gasteiger partial charge in [0.2, 0.25) is 5.91 Å². The minimum atomic E-state index is 0. The Balaban J connectivity index is 0.00000288. The second-order valence-corrected chi connectivity index (χ2v) is 7.51. The molecule has 1 fully saturated rings. The number of carbonyl (C=O) groups is 1. The summed E-state index contributed by atoms with van der Waals surface area (Å²) in [6.07, 6.45) is 1.35. The van der Waals surface area contributed by atoms with E-state index in [1.807, 2.05) is 30.0 Å². The molecule has 0 aromatic heterocycles. The Morgan fingerprint density at radius 2 is 2.17 bits per heavy atom. The molecule has 1 saturated heterocycles. The lowest BCUT2D eigenvalue weighted by Gasteiger charge is -2.26. The van der Waals surface area contributed by atoms with Crippen molar-refractivity contribution in [2.45, 2.75) is 38.8 Å². The number of ether oxygens (including phenoxy) is 1. The lowest BCUT2D eigenvalue weighted by molar-refractivity contribution is -0.122. The molecule has 2 atom stereocenters. The summed E-state index contributed by atoms with van der Waals surface area (Å²) in [5, 5.41) is 6.64. The summed E-state index contributed by atoms with van der Waals surface area (Å²) in [7, 11) is 1.69. The van der Waals surface area contributed by atoms with Crippen molar-refractivity contribution in [2.75, 3.05) is 25.2 Å². The van der Waals surface area contributed by atoms with Gasteiger partial charge in [0.15, 0.2) is 0 Å². The normalized spacial score (nSPS) is 18.6. The zero-order valence-electron chi connectivity index (χ0n) is 14.7. The zero-order valence-corrected chi connectivity index (χ0v) is 16.3. The number of amides is 1. The van der Waals surface area contributed by atoms with Crippen LogP contribution in [0.1, 0.15) is 25.8 Å². The summed E-state index contributed by atoms with van der Waals surface area (Å²) in [6.45, 7) is 5.29. The van der Waals surface area contributed by atoms with Crippen molar-refractivity contribution in [3.63, 3.8) is 0 Å². The molecule has 1 amide bonds. The van der Waals surface area contributed by atoms with Crippen molar-refractivity contribution in [3.05, 3.63) is 29.8 Å². The van der Waals surface area contributed by atoms with Crippen LogP contribution in [0, 0.1) is 5.92 Å². The number of rotatable bonds is 7. The van der Waals surface area contributed by atoms with Gasteiger partial charge in [-0.2, -0.15) is 11.8 Å². The van der Waals surface area contributed by atoms with Gasteiger partial charge < -0.3 is 15.4 Å². The first-order valence-electron chi connectivity index (χ1n) is 8.32. The number of nitrogens with one attached hydrogen (secondary N) is 2. The number of carbonyl (C=O) groups excluding carboxylic acids is 1. The Labute approximate surface area is 155 Å². The van der Waals surface area contributed by atoms with Gasteiger partial charge in [-0.3, -0.25) is 4.79 Å². The van der Waals surface area contributed by atoms with E-state index in [0.717, 1.165) is 35.8 Å². The highest BCUT2D eigenvalue weighted by Gasteiger charge is 2.21. The lowest BCUT2D eigenvalue weighted by Crippen LogP contribution is -2.45. The molecule has 0 radical (unpaired) electrons. The topological polar surface area (TPSA) is 50.4 Å². The summed E-state index contributed by atoms with van der Waals surface area (Å²) >= 11 is 1.92. The molecule has 1 aliphatic heterocycles. The molecule has 136 valence electrons. The Kier molecular flexibility index (Phi) is 9.56. The molecule has 0 aliphatic carbocycles. The van der Waals surface area contributed by atoms with Crippen LogP contribution in [0.25, 0.3) is 0 Å². The van der Waals surface area contributed by atoms with Crippen molar-refractivity contribution in [1.29, 1.82) is 0 Å². The van der Waals surface area contributed by atoms with Gasteiger partial charge in [0.25, 0.3) is 0 Å². The number of methoxy groups -OCH3 is 1. The van der Waals surface area contributed by atoms with E-state index in [1.54, 1.807) is 7.11 Å². The van der Waals surface area contributed by atoms with Gasteiger partial charge in [0, 0.05) is 36.6 Å². The molecule has 1 aliphatic rings. The van der Waals surface area contributed by atoms with E-state index in [-0.39, 0.29) is 24.4 Å². The maximum atomic E-state index is 12.4. The van der Waals surface area contributed by atoms with Crippen molar-refractivity contribution in [1.82, 2.24) is 10.6 Å². The Morgan fingerprint density at radius 1 is 1.42 bits per heavy atom. The predicted octanol–water partition coefficient (Wildman–Crippen LogP) is 2.90. The van der Waals surface area contributed by atoms with Gasteiger partial charge in [0.1, 0.15) is 5.75 Å². The van der Waals surface area contributed by atoms with Crippen molar-refractivity contribution < 1.29 is 9.53 Å². The third-order valence-corrected chi connectivity index (χ3v) is 5.34. The van der Waals surface area contributed by atoms with Crippen LogP contribution in [0.3, 0.4) is 0 Å². The maximum absolute atomic E-state index is 12.4. The molecule has 6 heteroatoms. The number of hydrogen-bond donors (Lipinski definition) is 2. The Morgan fingerprint density at radius 3 is 2.79 bits per heavy atom. The highest BCUT2D eigenvalue weighted by Crippen LogP contribution is 2.21. The standard InChI is InChI=1S/C18H28N2O2S.ClH/c1-13(2)16(10-14-6-4-5-7-17(14)22-3)20-18(21)11-15-12-23-9-8-19-15;/h4-7,13,15-16,19H,8-12H2,1-3H3,(H,20,21);1H. The van der Waals surface area contributed by atoms with Crippen LogP contribution < -0.4 is 15.4 Å². The number of thioether (sulfide) groups is 1. The number of hydrogen-bond acceptors (Lipinski definition) is 4. The molecular formula is C18H29ClN2O2S. The molecular weight excluding hydrogens is 344 g/mol. The monoisotopic (exact) mass is 372 g/mol. The molecule has 2 unspecified atom stereocenters. The van der Waals surface area contributed by atoms with Gasteiger partial charge in [-0.25, -0.2) is 0 Å². The highest BCUT2D eigenvalue weighted by atomic mass is 35.5. The van der Waals surface area contributed by atoms with E-state index < -0.39 is 0 Å². The molecule has 2 N–H and O–H groups in total. The van der Waals surface area contributed by atoms with Crippen LogP contribution in [0.4, 0.5) is 0 Å². The third kappa shape index (κ3) is 6.54. The summed E-state index contributed by atoms with van der Waals surface area (Å²) in [5.74, 6) is 3.56. The Bertz CT molecular complexity index is 508. The summed E-state index contributed by atoms with van der Waals surface area (Å²) in [5.41, 5.74) is 1.14. The fourth-order valence-corrected chi connectivity index (χ4v) is 3.75. The van der Waals surface area contributed by atoms with E-state index in [9.17, 15) is 4.79 Å². The SMILES string of the molecule is COc1ccccc1CC(NC(=O)CC1CSCCN1)C(C)C.Cl. The van der Waals surface area contributed by atoms with Crippen LogP contribution in [0.5, 0.6) is 5.75 Å². The van der Waals surface area contributed by atoms with E-state index >= 15 is 0 Å². The largest absolute Gasteiger partial charge is 0.496 e. The maximum Gasteiger partial charge on any atom is 0.221 e. The second kappa shape index (κ2) is 10.9. The molecule has 24 heavy (non-hydrogen) atoms. The molecule has 1 heterocycles. The van der Waals surface area contributed by atoms with Crippen LogP contribution in [-0.2, 0) is 11.2 Å². The van der Waals surface area contributed by atoms with Crippen LogP contribution >= 0.6 is 24.2 Å². The van der Waals surface area contributed by atoms with Gasteiger partial charge in [-0.15, -0.1) is 12.4 Å². The quantitative estimate of drug-likeness (QED) is 0.772. The summed E-state index contributed by atoms with van der Waals surface area (Å²) in [6, 6.07) is 8.44. The lowest BCUT2D eigenvalue weighted by atomic mass is 9.95. The molecule has 4 nitrogen and oxygen atoms in total. The van der Waals surface area contributed by atoms with Crippen LogP contribution in [0.15, 0.2) is 24.3 Å². The van der Waals surface area contributed by atoms with Crippen molar-refractivity contribution in [2.24, 2.45) is 5.92 Å². The van der Waals surface area contributed by atoms with Crippen molar-refractivity contribution in [3.8, 4) is 5.75 Å². The zero-order chi connectivity index (χ0) is 16.7. The minimum absolute atomic E-state index is 0. The first kappa shape index (κ1) is 21.1. The second-order valence-electron chi connectivity index (χ2n) is 6.36. The summed E-state index contributed by atoms with van der Waals surface area (Å²) in [4.78, 5) is 12.4. The van der Waals surface area contributed by atoms with Crippen molar-refractivity contribution >= 4 is 30.1 Å². The van der Waals surface area contributed by atoms with E-state index in [1.165, 1.54) is 0 Å². The first-order valence-corrected chi connectivity index (χ1v) is 9.48. The molecule has 1 aromatic carbocycles. The first-order chi connectivity index (χ1) is 11.1. The molecule has 1 aromatic rings. The van der Waals surface area contributed by atoms with E-state index in [0.29, 0.717) is 18.4 Å². The summed E-state index contributed by atoms with van der Waals surface area (Å²) < 4.78 is 5.43. The molecule has 0 saturated carbocycles. The predicted molar refractivity (Wildman–Crippen MR) is 104 cm³/mol.